The quantitative estimate of drug-likeness (QED) is 0.410. The summed E-state index contributed by atoms with van der Waals surface area (Å²) in [6.45, 7) is 2.18. The fourth-order valence-electron chi connectivity index (χ4n) is 3.42. The number of fused-ring (bicyclic) bond motifs is 1. The van der Waals surface area contributed by atoms with Crippen molar-refractivity contribution < 1.29 is 14.3 Å². The molecule has 0 aliphatic rings. The number of unbranched alkanes of at least 4 members (excludes halogenated alkanes) is 1. The number of carbonyl (C=O) groups excluding carboxylic acids is 2. The van der Waals surface area contributed by atoms with Gasteiger partial charge in [0.2, 0.25) is 5.91 Å². The van der Waals surface area contributed by atoms with E-state index < -0.39 is 12.0 Å². The topological polar surface area (TPSA) is 71.2 Å². The highest BCUT2D eigenvalue weighted by Crippen LogP contribution is 2.19. The van der Waals surface area contributed by atoms with Crippen molar-refractivity contribution in [3.63, 3.8) is 0 Å². The number of amides is 1. The summed E-state index contributed by atoms with van der Waals surface area (Å²) in [6, 6.07) is 15.3. The number of aryl methyl sites for hydroxylation is 1. The molecule has 1 amide bonds. The zero-order chi connectivity index (χ0) is 21.3. The first-order valence-corrected chi connectivity index (χ1v) is 10.3. The lowest BCUT2D eigenvalue weighted by Gasteiger charge is -2.15. The number of nitrogens with one attached hydrogen (secondary N) is 2. The molecule has 30 heavy (non-hydrogen) atoms. The molecule has 0 saturated heterocycles. The molecule has 0 bridgehead atoms. The van der Waals surface area contributed by atoms with Crippen LogP contribution >= 0.6 is 0 Å². The van der Waals surface area contributed by atoms with Gasteiger partial charge in [0.1, 0.15) is 6.04 Å². The first-order chi connectivity index (χ1) is 14.6. The van der Waals surface area contributed by atoms with Gasteiger partial charge in [-0.15, -0.1) is 0 Å². The monoisotopic (exact) mass is 404 g/mol. The van der Waals surface area contributed by atoms with Gasteiger partial charge in [-0.05, 0) is 41.7 Å². The standard InChI is InChI=1S/C25H28N2O3/c1-3-4-7-18-10-12-19(13-11-18)14-15-24(28)27-23(25(29)30-2)16-20-17-26-22-9-6-5-8-21(20)22/h5-6,8-15,17,23,26H,3-4,7,16H2,1-2H3,(H,27,28)/b15-14+/t23-/m0/s1. The van der Waals surface area contributed by atoms with E-state index in [0.29, 0.717) is 6.42 Å². The van der Waals surface area contributed by atoms with Crippen LogP contribution in [0.2, 0.25) is 0 Å². The first-order valence-electron chi connectivity index (χ1n) is 10.3. The second-order valence-corrected chi connectivity index (χ2v) is 7.33. The van der Waals surface area contributed by atoms with Crippen molar-refractivity contribution >= 4 is 28.9 Å². The van der Waals surface area contributed by atoms with Crippen LogP contribution in [0.4, 0.5) is 0 Å². The number of aromatic nitrogens is 1. The normalized spacial score (nSPS) is 12.2. The fraction of sp³-hybridized carbons (Fsp3) is 0.280. The third-order valence-electron chi connectivity index (χ3n) is 5.13. The van der Waals surface area contributed by atoms with Crippen molar-refractivity contribution in [2.45, 2.75) is 38.6 Å². The maximum absolute atomic E-state index is 12.4. The molecule has 2 N–H and O–H groups in total. The van der Waals surface area contributed by atoms with E-state index in [4.69, 9.17) is 4.74 Å². The summed E-state index contributed by atoms with van der Waals surface area (Å²) in [5.41, 5.74) is 4.18. The number of H-pyrrole nitrogens is 1. The molecule has 0 spiro atoms. The zero-order valence-corrected chi connectivity index (χ0v) is 17.5. The van der Waals surface area contributed by atoms with Gasteiger partial charge < -0.3 is 15.0 Å². The van der Waals surface area contributed by atoms with Crippen molar-refractivity contribution in [3.8, 4) is 0 Å². The highest BCUT2D eigenvalue weighted by Gasteiger charge is 2.22. The molecule has 3 rings (SSSR count). The van der Waals surface area contributed by atoms with E-state index in [1.54, 1.807) is 6.08 Å². The molecule has 0 aliphatic carbocycles. The second kappa shape index (κ2) is 10.4. The predicted octanol–water partition coefficient (Wildman–Crippen LogP) is 4.42. The first kappa shape index (κ1) is 21.4. The van der Waals surface area contributed by atoms with Crippen LogP contribution in [0.15, 0.2) is 60.8 Å². The van der Waals surface area contributed by atoms with Crippen LogP contribution in [0, 0.1) is 0 Å². The molecule has 5 heteroatoms. The van der Waals surface area contributed by atoms with Gasteiger partial charge in [-0.1, -0.05) is 55.8 Å². The highest BCUT2D eigenvalue weighted by molar-refractivity contribution is 5.95. The molecule has 5 nitrogen and oxygen atoms in total. The maximum atomic E-state index is 12.4. The Morgan fingerprint density at radius 1 is 1.13 bits per heavy atom. The van der Waals surface area contributed by atoms with Gasteiger partial charge in [-0.2, -0.15) is 0 Å². The molecule has 3 aromatic rings. The summed E-state index contributed by atoms with van der Waals surface area (Å²) in [5, 5.41) is 3.79. The van der Waals surface area contributed by atoms with Crippen LogP contribution < -0.4 is 5.32 Å². The summed E-state index contributed by atoms with van der Waals surface area (Å²) in [6.07, 6.45) is 8.82. The summed E-state index contributed by atoms with van der Waals surface area (Å²) in [5.74, 6) is -0.803. The predicted molar refractivity (Wildman–Crippen MR) is 120 cm³/mol. The minimum Gasteiger partial charge on any atom is -0.467 e. The third kappa shape index (κ3) is 5.60. The van der Waals surface area contributed by atoms with Gasteiger partial charge in [0.05, 0.1) is 7.11 Å². The Hall–Kier alpha value is -3.34. The number of aromatic amines is 1. The van der Waals surface area contributed by atoms with Crippen LogP contribution in [-0.4, -0.2) is 30.0 Å². The fourth-order valence-corrected chi connectivity index (χ4v) is 3.42. The molecule has 0 fully saturated rings. The van der Waals surface area contributed by atoms with Gasteiger partial charge in [0.25, 0.3) is 0 Å². The number of hydrogen-bond donors (Lipinski definition) is 2. The van der Waals surface area contributed by atoms with Gasteiger partial charge in [0.15, 0.2) is 0 Å². The Morgan fingerprint density at radius 2 is 1.90 bits per heavy atom. The number of benzene rings is 2. The smallest absolute Gasteiger partial charge is 0.328 e. The molecule has 2 aromatic carbocycles. The summed E-state index contributed by atoms with van der Waals surface area (Å²) >= 11 is 0. The highest BCUT2D eigenvalue weighted by atomic mass is 16.5. The van der Waals surface area contributed by atoms with Crippen molar-refractivity contribution in [2.75, 3.05) is 7.11 Å². The van der Waals surface area contributed by atoms with Gasteiger partial charge >= 0.3 is 5.97 Å². The van der Waals surface area contributed by atoms with Crippen LogP contribution in [-0.2, 0) is 27.2 Å². The Bertz CT molecular complexity index is 1020. The van der Waals surface area contributed by atoms with E-state index in [-0.39, 0.29) is 5.91 Å². The zero-order valence-electron chi connectivity index (χ0n) is 17.5. The van der Waals surface area contributed by atoms with Crippen LogP contribution in [0.5, 0.6) is 0 Å². The minimum atomic E-state index is -0.761. The minimum absolute atomic E-state index is 0.333. The van der Waals surface area contributed by atoms with Crippen molar-refractivity contribution in [2.24, 2.45) is 0 Å². The molecular formula is C25H28N2O3. The number of para-hydroxylation sites is 1. The molecule has 156 valence electrons. The van der Waals surface area contributed by atoms with Crippen LogP contribution in [0.25, 0.3) is 17.0 Å². The average molecular weight is 405 g/mol. The van der Waals surface area contributed by atoms with Crippen LogP contribution in [0.3, 0.4) is 0 Å². The number of carbonyl (C=O) groups is 2. The molecule has 0 saturated carbocycles. The summed E-state index contributed by atoms with van der Waals surface area (Å²) in [7, 11) is 1.33. The van der Waals surface area contributed by atoms with E-state index in [9.17, 15) is 9.59 Å². The van der Waals surface area contributed by atoms with Gasteiger partial charge in [-0.25, -0.2) is 4.79 Å². The Kier molecular flexibility index (Phi) is 7.44. The van der Waals surface area contributed by atoms with E-state index >= 15 is 0 Å². The molecular weight excluding hydrogens is 376 g/mol. The number of esters is 1. The number of methoxy groups -OCH3 is 1. The molecule has 0 aliphatic heterocycles. The van der Waals surface area contributed by atoms with Gasteiger partial charge in [0, 0.05) is 29.6 Å². The van der Waals surface area contributed by atoms with Crippen molar-refractivity contribution in [1.82, 2.24) is 10.3 Å². The largest absolute Gasteiger partial charge is 0.467 e. The van der Waals surface area contributed by atoms with Crippen molar-refractivity contribution in [3.05, 3.63) is 77.5 Å². The Balaban J connectivity index is 1.65. The summed E-state index contributed by atoms with van der Waals surface area (Å²) in [4.78, 5) is 27.9. The van der Waals surface area contributed by atoms with Crippen LogP contribution in [0.1, 0.15) is 36.5 Å². The third-order valence-corrected chi connectivity index (χ3v) is 5.13. The van der Waals surface area contributed by atoms with E-state index in [0.717, 1.165) is 28.5 Å². The number of rotatable bonds is 9. The molecule has 1 aromatic heterocycles. The lowest BCUT2D eigenvalue weighted by molar-refractivity contribution is -0.144. The SMILES string of the molecule is CCCCc1ccc(/C=C/C(=O)N[C@@H](Cc2c[nH]c3ccccc23)C(=O)OC)cc1. The molecule has 0 radical (unpaired) electrons. The van der Waals surface area contributed by atoms with E-state index in [1.807, 2.05) is 42.6 Å². The molecule has 1 heterocycles. The van der Waals surface area contributed by atoms with E-state index in [2.05, 4.69) is 29.4 Å². The molecule has 1 atom stereocenters. The summed E-state index contributed by atoms with van der Waals surface area (Å²) < 4.78 is 4.89. The Morgan fingerprint density at radius 3 is 2.63 bits per heavy atom. The van der Waals surface area contributed by atoms with Gasteiger partial charge in [-0.3, -0.25) is 4.79 Å². The second-order valence-electron chi connectivity index (χ2n) is 7.33. The molecule has 0 unspecified atom stereocenters. The maximum Gasteiger partial charge on any atom is 0.328 e. The average Bonchev–Trinajstić information content (AvgIpc) is 3.19. The van der Waals surface area contributed by atoms with Crippen molar-refractivity contribution in [1.29, 1.82) is 0 Å². The van der Waals surface area contributed by atoms with E-state index in [1.165, 1.54) is 31.6 Å². The lowest BCUT2D eigenvalue weighted by atomic mass is 10.0. The Labute approximate surface area is 177 Å². The number of ether oxygens (including phenoxy) is 1. The number of hydrogen-bond acceptors (Lipinski definition) is 3. The lowest BCUT2D eigenvalue weighted by Crippen LogP contribution is -2.42.